The van der Waals surface area contributed by atoms with Crippen LogP contribution < -0.4 is 5.32 Å². The molecule has 4 heteroatoms. The highest BCUT2D eigenvalue weighted by molar-refractivity contribution is 5.80. The van der Waals surface area contributed by atoms with E-state index in [9.17, 15) is 4.79 Å². The third-order valence-electron chi connectivity index (χ3n) is 4.15. The van der Waals surface area contributed by atoms with Gasteiger partial charge < -0.3 is 15.0 Å². The Kier molecular flexibility index (Phi) is 5.81. The van der Waals surface area contributed by atoms with Crippen LogP contribution in [0.5, 0.6) is 0 Å². The van der Waals surface area contributed by atoms with Gasteiger partial charge >= 0.3 is 5.97 Å². The van der Waals surface area contributed by atoms with Crippen molar-refractivity contribution in [2.75, 3.05) is 33.3 Å². The molecule has 1 N–H and O–H groups in total. The Morgan fingerprint density at radius 1 is 1.37 bits per heavy atom. The summed E-state index contributed by atoms with van der Waals surface area (Å²) in [5, 5.41) is 3.35. The van der Waals surface area contributed by atoms with Crippen molar-refractivity contribution in [1.29, 1.82) is 0 Å². The lowest BCUT2D eigenvalue weighted by Crippen LogP contribution is -2.58. The lowest BCUT2D eigenvalue weighted by molar-refractivity contribution is -0.149. The van der Waals surface area contributed by atoms with Gasteiger partial charge in [-0.05, 0) is 51.2 Å². The number of nitrogens with one attached hydrogen (secondary N) is 1. The smallest absolute Gasteiger partial charge is 0.327 e. The van der Waals surface area contributed by atoms with Crippen molar-refractivity contribution in [3.63, 3.8) is 0 Å². The second kappa shape index (κ2) is 6.71. The molecular weight excluding hydrogens is 240 g/mol. The molecule has 4 nitrogen and oxygen atoms in total. The summed E-state index contributed by atoms with van der Waals surface area (Å²) in [6.45, 7) is 12.4. The molecular formula is C15H30N2O2. The zero-order valence-electron chi connectivity index (χ0n) is 13.2. The molecule has 1 fully saturated rings. The summed E-state index contributed by atoms with van der Waals surface area (Å²) in [5.74, 6) is -0.161. The number of carbonyl (C=O) groups is 1. The van der Waals surface area contributed by atoms with E-state index in [-0.39, 0.29) is 5.97 Å². The number of hydrogen-bond donors (Lipinski definition) is 1. The molecule has 1 rings (SSSR count). The monoisotopic (exact) mass is 270 g/mol. The lowest BCUT2D eigenvalue weighted by atomic mass is 9.82. The summed E-state index contributed by atoms with van der Waals surface area (Å²) < 4.78 is 4.97. The molecule has 0 aromatic heterocycles. The second-order valence-corrected chi connectivity index (χ2v) is 6.69. The van der Waals surface area contributed by atoms with Crippen LogP contribution in [-0.2, 0) is 9.53 Å². The molecule has 112 valence electrons. The maximum absolute atomic E-state index is 12.0. The summed E-state index contributed by atoms with van der Waals surface area (Å²) in [7, 11) is 1.47. The van der Waals surface area contributed by atoms with Gasteiger partial charge in [-0.1, -0.05) is 20.8 Å². The van der Waals surface area contributed by atoms with E-state index in [1.165, 1.54) is 20.0 Å². The summed E-state index contributed by atoms with van der Waals surface area (Å²) in [6, 6.07) is 0. The second-order valence-electron chi connectivity index (χ2n) is 6.69. The van der Waals surface area contributed by atoms with E-state index >= 15 is 0 Å². The fourth-order valence-corrected chi connectivity index (χ4v) is 2.58. The van der Waals surface area contributed by atoms with Gasteiger partial charge in [0.2, 0.25) is 0 Å². The number of piperidine rings is 1. The van der Waals surface area contributed by atoms with Crippen molar-refractivity contribution in [2.45, 2.75) is 52.5 Å². The third kappa shape index (κ3) is 4.77. The van der Waals surface area contributed by atoms with E-state index in [0.29, 0.717) is 5.41 Å². The number of rotatable bonds is 6. The molecule has 1 saturated heterocycles. The van der Waals surface area contributed by atoms with E-state index in [1.807, 2.05) is 6.92 Å². The molecule has 0 spiro atoms. The van der Waals surface area contributed by atoms with Gasteiger partial charge in [0.1, 0.15) is 5.54 Å². The van der Waals surface area contributed by atoms with Crippen molar-refractivity contribution >= 4 is 5.97 Å². The Morgan fingerprint density at radius 3 is 2.42 bits per heavy atom. The van der Waals surface area contributed by atoms with Gasteiger partial charge in [-0.15, -0.1) is 0 Å². The van der Waals surface area contributed by atoms with Crippen molar-refractivity contribution in [2.24, 2.45) is 5.41 Å². The molecule has 0 amide bonds. The van der Waals surface area contributed by atoms with Crippen molar-refractivity contribution in [3.05, 3.63) is 0 Å². The Hall–Kier alpha value is -0.610. The largest absolute Gasteiger partial charge is 0.468 e. The summed E-state index contributed by atoms with van der Waals surface area (Å²) in [6.07, 6.45) is 3.40. The molecule has 19 heavy (non-hydrogen) atoms. The minimum absolute atomic E-state index is 0.161. The normalized spacial score (nSPS) is 22.8. The Morgan fingerprint density at radius 2 is 1.95 bits per heavy atom. The van der Waals surface area contributed by atoms with Crippen LogP contribution >= 0.6 is 0 Å². The van der Waals surface area contributed by atoms with Gasteiger partial charge in [-0.2, -0.15) is 0 Å². The van der Waals surface area contributed by atoms with E-state index in [1.54, 1.807) is 0 Å². The number of nitrogens with zero attached hydrogens (tertiary/aromatic N) is 1. The van der Waals surface area contributed by atoms with Crippen LogP contribution in [-0.4, -0.2) is 49.7 Å². The molecule has 0 aromatic carbocycles. The molecule has 0 saturated carbocycles. The molecule has 0 bridgehead atoms. The minimum atomic E-state index is -0.591. The first kappa shape index (κ1) is 16.4. The van der Waals surface area contributed by atoms with Crippen LogP contribution in [0.1, 0.15) is 47.0 Å². The zero-order chi connectivity index (χ0) is 14.5. The topological polar surface area (TPSA) is 41.6 Å². The predicted octanol–water partition coefficient (Wildman–Crippen LogP) is 2.04. The Labute approximate surface area is 117 Å². The molecule has 0 radical (unpaired) electrons. The van der Waals surface area contributed by atoms with E-state index < -0.39 is 5.54 Å². The molecule has 0 aliphatic carbocycles. The Balaban J connectivity index is 2.60. The number of hydrogen-bond acceptors (Lipinski definition) is 4. The zero-order valence-corrected chi connectivity index (χ0v) is 13.2. The molecule has 1 heterocycles. The first-order chi connectivity index (χ1) is 8.83. The Bertz CT molecular complexity index is 295. The number of carbonyl (C=O) groups excluding carboxylic acids is 1. The quantitative estimate of drug-likeness (QED) is 0.750. The van der Waals surface area contributed by atoms with Crippen LogP contribution in [0.4, 0.5) is 0 Å². The van der Waals surface area contributed by atoms with Crippen molar-refractivity contribution in [3.8, 4) is 0 Å². The predicted molar refractivity (Wildman–Crippen MR) is 78.2 cm³/mol. The van der Waals surface area contributed by atoms with E-state index in [2.05, 4.69) is 31.0 Å². The minimum Gasteiger partial charge on any atom is -0.468 e. The molecule has 1 atom stereocenters. The van der Waals surface area contributed by atoms with Crippen LogP contribution in [0, 0.1) is 5.41 Å². The van der Waals surface area contributed by atoms with Crippen LogP contribution in [0.3, 0.4) is 0 Å². The summed E-state index contributed by atoms with van der Waals surface area (Å²) in [5.41, 5.74) is -0.152. The number of ether oxygens (including phenoxy) is 1. The van der Waals surface area contributed by atoms with Crippen LogP contribution in [0.2, 0.25) is 0 Å². The fraction of sp³-hybridized carbons (Fsp3) is 0.933. The average Bonchev–Trinajstić information content (AvgIpc) is 2.38. The third-order valence-corrected chi connectivity index (χ3v) is 4.15. The van der Waals surface area contributed by atoms with Crippen LogP contribution in [0.15, 0.2) is 0 Å². The van der Waals surface area contributed by atoms with E-state index in [4.69, 9.17) is 4.74 Å². The number of methoxy groups -OCH3 is 1. The van der Waals surface area contributed by atoms with Gasteiger partial charge in [0.05, 0.1) is 7.11 Å². The van der Waals surface area contributed by atoms with Gasteiger partial charge in [0.15, 0.2) is 0 Å². The van der Waals surface area contributed by atoms with Gasteiger partial charge in [-0.3, -0.25) is 4.79 Å². The maximum Gasteiger partial charge on any atom is 0.327 e. The maximum atomic E-state index is 12.0. The van der Waals surface area contributed by atoms with Gasteiger partial charge in [-0.25, -0.2) is 0 Å². The average molecular weight is 270 g/mol. The summed E-state index contributed by atoms with van der Waals surface area (Å²) in [4.78, 5) is 14.4. The molecule has 1 aliphatic heterocycles. The standard InChI is InChI=1S/C15H30N2O2/c1-6-9-16-15(4,13(18)19-5)12-17-10-7-14(2,3)8-11-17/h16H,6-12H2,1-5H3. The van der Waals surface area contributed by atoms with Crippen molar-refractivity contribution in [1.82, 2.24) is 10.2 Å². The highest BCUT2D eigenvalue weighted by atomic mass is 16.5. The highest BCUT2D eigenvalue weighted by Gasteiger charge is 2.37. The van der Waals surface area contributed by atoms with Gasteiger partial charge in [0.25, 0.3) is 0 Å². The first-order valence-electron chi connectivity index (χ1n) is 7.39. The molecule has 0 aromatic rings. The van der Waals surface area contributed by atoms with Crippen LogP contribution in [0.25, 0.3) is 0 Å². The highest BCUT2D eigenvalue weighted by Crippen LogP contribution is 2.30. The summed E-state index contributed by atoms with van der Waals surface area (Å²) >= 11 is 0. The fourth-order valence-electron chi connectivity index (χ4n) is 2.58. The molecule has 1 unspecified atom stereocenters. The van der Waals surface area contributed by atoms with Crippen molar-refractivity contribution < 1.29 is 9.53 Å². The SMILES string of the molecule is CCCNC(C)(CN1CCC(C)(C)CC1)C(=O)OC. The first-order valence-corrected chi connectivity index (χ1v) is 7.39. The van der Waals surface area contributed by atoms with Gasteiger partial charge in [0, 0.05) is 6.54 Å². The number of likely N-dealkylation sites (tertiary alicyclic amines) is 1. The van der Waals surface area contributed by atoms with E-state index in [0.717, 1.165) is 32.6 Å². The lowest BCUT2D eigenvalue weighted by Gasteiger charge is -2.40. The molecule has 1 aliphatic rings. The number of esters is 1.